The summed E-state index contributed by atoms with van der Waals surface area (Å²) in [5, 5.41) is 0. The first-order valence-corrected chi connectivity index (χ1v) is 24.3. The molecule has 15 bridgehead atoms. The number of piperidine rings is 2. The van der Waals surface area contributed by atoms with E-state index in [2.05, 4.69) is 84.0 Å². The zero-order valence-electron chi connectivity index (χ0n) is 36.1. The van der Waals surface area contributed by atoms with Crippen molar-refractivity contribution >= 4 is 11.9 Å². The second-order valence-corrected chi connectivity index (χ2v) is 21.5. The maximum Gasteiger partial charge on any atom is 0.339 e. The number of nitrogens with zero attached hydrogens (tertiary/aromatic N) is 2. The lowest BCUT2D eigenvalue weighted by Crippen LogP contribution is -2.77. The van der Waals surface area contributed by atoms with Gasteiger partial charge in [-0.2, -0.15) is 0 Å². The molecule has 1 unspecified atom stereocenters. The molecule has 0 aromatic heterocycles. The van der Waals surface area contributed by atoms with Gasteiger partial charge in [-0.3, -0.25) is 9.69 Å². The normalized spacial score (nSPS) is 42.7. The fourth-order valence-corrected chi connectivity index (χ4v) is 16.8. The number of hydrogen-bond acceptors (Lipinski definition) is 7. The van der Waals surface area contributed by atoms with E-state index in [-0.39, 0.29) is 29.7 Å². The Hall–Kier alpha value is -4.12. The van der Waals surface area contributed by atoms with Gasteiger partial charge in [0.2, 0.25) is 0 Å². The Kier molecular flexibility index (Phi) is 8.11. The lowest BCUT2D eigenvalue weighted by atomic mass is 9.28. The minimum atomic E-state index is -0.982. The van der Waals surface area contributed by atoms with Crippen LogP contribution < -0.4 is 5.73 Å². The van der Waals surface area contributed by atoms with Crippen LogP contribution in [0, 0.1) is 70.0 Å². The molecule has 2 N–H and O–H groups in total. The molecule has 13 atom stereocenters. The van der Waals surface area contributed by atoms with Gasteiger partial charge in [0.1, 0.15) is 11.2 Å². The molecule has 14 aliphatic rings. The van der Waals surface area contributed by atoms with Gasteiger partial charge in [0.25, 0.3) is 0 Å². The van der Waals surface area contributed by atoms with E-state index >= 15 is 4.79 Å². The van der Waals surface area contributed by atoms with Crippen LogP contribution in [0.15, 0.2) is 71.2 Å². The van der Waals surface area contributed by atoms with E-state index in [1.807, 2.05) is 0 Å². The minimum Gasteiger partial charge on any atom is -0.449 e. The van der Waals surface area contributed by atoms with Crippen LogP contribution in [0.3, 0.4) is 0 Å². The van der Waals surface area contributed by atoms with E-state index in [9.17, 15) is 4.79 Å². The van der Waals surface area contributed by atoms with E-state index in [1.165, 1.54) is 40.0 Å². The highest BCUT2D eigenvalue weighted by Crippen LogP contribution is 2.87. The molecule has 0 amide bonds. The molecule has 7 heteroatoms. The molecule has 7 nitrogen and oxygen atoms in total. The Balaban J connectivity index is 1.11. The minimum absolute atomic E-state index is 0.0697. The van der Waals surface area contributed by atoms with Gasteiger partial charge in [-0.15, -0.1) is 0 Å². The number of benzene rings is 2. The van der Waals surface area contributed by atoms with Crippen molar-refractivity contribution in [1.82, 2.24) is 9.80 Å². The van der Waals surface area contributed by atoms with Gasteiger partial charge in [-0.05, 0) is 148 Å². The smallest absolute Gasteiger partial charge is 0.339 e. The SMILES string of the molecule is C[C@H]1[C@@H]2[C@H]3CC4=C5CC[C@@]67/C8=C\C[C@H](C)N9C[C@@H]%10C[C@@H](CN(C%10)C(=C[C@@H]1C#CCc1ccc(cc1C3)CCCC[C@@H]([C@]46C(=O)O8)[C@@]71OC(=O)c3c(CCCN)cccc31)[C@@H]52)C9. The number of esters is 2. The van der Waals surface area contributed by atoms with Gasteiger partial charge in [-0.25, -0.2) is 4.79 Å². The molecular formula is C54H61N3O4. The quantitative estimate of drug-likeness (QED) is 0.191. The van der Waals surface area contributed by atoms with Crippen molar-refractivity contribution in [3.63, 3.8) is 0 Å². The molecule has 61 heavy (non-hydrogen) atoms. The van der Waals surface area contributed by atoms with Crippen LogP contribution in [-0.2, 0) is 45.6 Å². The van der Waals surface area contributed by atoms with Crippen molar-refractivity contribution in [1.29, 1.82) is 0 Å². The van der Waals surface area contributed by atoms with E-state index in [4.69, 9.17) is 15.2 Å². The van der Waals surface area contributed by atoms with Crippen LogP contribution >= 0.6 is 0 Å². The van der Waals surface area contributed by atoms with Crippen LogP contribution in [-0.4, -0.2) is 60.5 Å². The summed E-state index contributed by atoms with van der Waals surface area (Å²) in [6.07, 6.45) is 16.7. The zero-order chi connectivity index (χ0) is 41.0. The summed E-state index contributed by atoms with van der Waals surface area (Å²) in [6, 6.07) is 14.0. The fraction of sp³-hybridized carbons (Fsp3) is 0.593. The molecule has 8 aliphatic heterocycles. The molecule has 2 aromatic rings. The summed E-state index contributed by atoms with van der Waals surface area (Å²) < 4.78 is 14.2. The second kappa shape index (κ2) is 13.2. The number of ether oxygens (including phenoxy) is 2. The third kappa shape index (κ3) is 4.70. The number of nitrogens with two attached hydrogens (primary N) is 1. The van der Waals surface area contributed by atoms with Crippen molar-refractivity contribution in [3.8, 4) is 11.8 Å². The predicted molar refractivity (Wildman–Crippen MR) is 234 cm³/mol. The standard InChI is InChI=1S/C54H61N3O4/c1-31-15-18-46-52-20-19-41-43-25-40-24-39-23-33(8-3-4-14-45(53(43,52)51(59)60-46)54(52)42-13-6-10-37(12-7-21-55)48(42)50(58)61-54)16-17-36(39)9-5-11-38-26-44(49(41)47(40)32(38)2)57-29-34-22-35(30-57)28-56(31)27-34/h6,10,13,16-18,23,26,31-32,34-35,38,40,45,47,49H,3-4,7-9,12,14-15,19-22,24-25,27-30,55H2,1-2H3/b46-18+/t31-,32+,34-,35+,38-,40+,45-,47+,49+,52+,53-,54+/m0/s1. The number of rotatable bonds is 3. The third-order valence-corrected chi connectivity index (χ3v) is 18.9. The van der Waals surface area contributed by atoms with E-state index in [0.717, 1.165) is 126 Å². The molecule has 16 rings (SSSR count). The van der Waals surface area contributed by atoms with Gasteiger partial charge in [-0.1, -0.05) is 72.7 Å². The van der Waals surface area contributed by atoms with Crippen LogP contribution in [0.4, 0.5) is 0 Å². The molecule has 3 spiro atoms. The first kappa shape index (κ1) is 37.4. The molecule has 316 valence electrons. The summed E-state index contributed by atoms with van der Waals surface area (Å²) in [7, 11) is 0. The highest BCUT2D eigenvalue weighted by molar-refractivity contribution is 6.00. The molecular weight excluding hydrogens is 755 g/mol. The Morgan fingerprint density at radius 1 is 0.984 bits per heavy atom. The number of allylic oxidation sites excluding steroid dienone is 2. The summed E-state index contributed by atoms with van der Waals surface area (Å²) in [5.41, 5.74) is 14.8. The monoisotopic (exact) mass is 815 g/mol. The Morgan fingerprint density at radius 2 is 1.85 bits per heavy atom. The Labute approximate surface area is 361 Å². The molecule has 4 fully saturated rings. The molecule has 2 aromatic carbocycles. The summed E-state index contributed by atoms with van der Waals surface area (Å²) in [4.78, 5) is 36.3. The number of carbonyl (C=O) groups excluding carboxylic acids is 2. The van der Waals surface area contributed by atoms with Crippen LogP contribution in [0.5, 0.6) is 0 Å². The molecule has 0 radical (unpaired) electrons. The van der Waals surface area contributed by atoms with Gasteiger partial charge < -0.3 is 20.1 Å². The molecule has 8 heterocycles. The number of carbonyl (C=O) groups is 2. The van der Waals surface area contributed by atoms with E-state index < -0.39 is 16.4 Å². The van der Waals surface area contributed by atoms with Crippen LogP contribution in [0.2, 0.25) is 0 Å². The van der Waals surface area contributed by atoms with Crippen LogP contribution in [0.1, 0.15) is 110 Å². The number of hydrogen-bond donors (Lipinski definition) is 1. The lowest BCUT2D eigenvalue weighted by Gasteiger charge is -2.72. The van der Waals surface area contributed by atoms with Crippen molar-refractivity contribution in [2.45, 2.75) is 109 Å². The highest BCUT2D eigenvalue weighted by Gasteiger charge is 2.92. The number of fused-ring (bicyclic) bond motifs is 5. The summed E-state index contributed by atoms with van der Waals surface area (Å²) >= 11 is 0. The third-order valence-electron chi connectivity index (χ3n) is 18.9. The Bertz CT molecular complexity index is 2440. The topological polar surface area (TPSA) is 85.1 Å². The molecule has 6 aliphatic carbocycles. The zero-order valence-corrected chi connectivity index (χ0v) is 36.1. The highest BCUT2D eigenvalue weighted by atomic mass is 16.6. The first-order chi connectivity index (χ1) is 29.8. The lowest BCUT2D eigenvalue weighted by molar-refractivity contribution is -0.278. The van der Waals surface area contributed by atoms with Crippen LogP contribution in [0.25, 0.3) is 0 Å². The average Bonchev–Trinajstić information content (AvgIpc) is 3.70. The largest absolute Gasteiger partial charge is 0.449 e. The Morgan fingerprint density at radius 3 is 2.70 bits per heavy atom. The predicted octanol–water partition coefficient (Wildman–Crippen LogP) is 8.05. The second-order valence-electron chi connectivity index (χ2n) is 21.5. The van der Waals surface area contributed by atoms with Gasteiger partial charge in [0.15, 0.2) is 5.60 Å². The molecule has 1 saturated carbocycles. The maximum absolute atomic E-state index is 15.9. The molecule has 3 saturated heterocycles. The van der Waals surface area contributed by atoms with Crippen molar-refractivity contribution in [2.75, 3.05) is 32.7 Å². The number of aryl methyl sites for hydroxylation is 2. The van der Waals surface area contributed by atoms with Crippen molar-refractivity contribution in [2.24, 2.45) is 63.9 Å². The summed E-state index contributed by atoms with van der Waals surface area (Å²) in [6.45, 7) is 9.87. The first-order valence-electron chi connectivity index (χ1n) is 24.3. The van der Waals surface area contributed by atoms with Crippen molar-refractivity contribution < 1.29 is 19.1 Å². The van der Waals surface area contributed by atoms with Crippen molar-refractivity contribution in [3.05, 3.63) is 105 Å². The van der Waals surface area contributed by atoms with E-state index in [1.54, 1.807) is 0 Å². The van der Waals surface area contributed by atoms with E-state index in [0.29, 0.717) is 42.2 Å². The fourth-order valence-electron chi connectivity index (χ4n) is 16.8. The van der Waals surface area contributed by atoms with Gasteiger partial charge in [0.05, 0.1) is 11.0 Å². The summed E-state index contributed by atoms with van der Waals surface area (Å²) in [5.74, 6) is 10.8. The van der Waals surface area contributed by atoms with Gasteiger partial charge in [0, 0.05) is 67.7 Å². The van der Waals surface area contributed by atoms with Gasteiger partial charge >= 0.3 is 11.9 Å². The average molecular weight is 816 g/mol. The maximum atomic E-state index is 15.9.